The van der Waals surface area contributed by atoms with Crippen LogP contribution in [0, 0.1) is 11.8 Å². The highest BCUT2D eigenvalue weighted by molar-refractivity contribution is 7.89. The van der Waals surface area contributed by atoms with Crippen molar-refractivity contribution in [1.82, 2.24) is 9.62 Å². The Kier molecular flexibility index (Phi) is 6.32. The first-order valence-corrected chi connectivity index (χ1v) is 9.53. The minimum absolute atomic E-state index is 0. The molecule has 0 amide bonds. The molecular weight excluding hydrogens is 312 g/mol. The molecule has 0 spiro atoms. The molecular formula is C14H27ClN2O3S. The quantitative estimate of drug-likeness (QED) is 0.791. The van der Waals surface area contributed by atoms with Crippen molar-refractivity contribution in [2.24, 2.45) is 11.8 Å². The van der Waals surface area contributed by atoms with Crippen LogP contribution in [-0.4, -0.2) is 57.4 Å². The second-order valence-corrected chi connectivity index (χ2v) is 8.55. The molecule has 3 aliphatic rings. The highest BCUT2D eigenvalue weighted by Crippen LogP contribution is 2.28. The van der Waals surface area contributed by atoms with E-state index >= 15 is 0 Å². The second-order valence-electron chi connectivity index (χ2n) is 6.53. The Morgan fingerprint density at radius 2 is 1.76 bits per heavy atom. The van der Waals surface area contributed by atoms with Crippen LogP contribution in [0.5, 0.6) is 0 Å². The van der Waals surface area contributed by atoms with Crippen molar-refractivity contribution in [3.8, 4) is 0 Å². The van der Waals surface area contributed by atoms with E-state index in [1.54, 1.807) is 4.31 Å². The molecule has 2 heterocycles. The zero-order chi connectivity index (χ0) is 14.0. The third kappa shape index (κ3) is 5.06. The van der Waals surface area contributed by atoms with Crippen molar-refractivity contribution < 1.29 is 13.2 Å². The van der Waals surface area contributed by atoms with Gasteiger partial charge < -0.3 is 10.1 Å². The molecule has 0 aromatic heterocycles. The molecule has 5 nitrogen and oxygen atoms in total. The predicted octanol–water partition coefficient (Wildman–Crippen LogP) is 1.24. The maximum absolute atomic E-state index is 12.4. The molecule has 7 heteroatoms. The molecule has 1 saturated carbocycles. The Bertz CT molecular complexity index is 414. The van der Waals surface area contributed by atoms with Crippen molar-refractivity contribution in [2.45, 2.75) is 38.1 Å². The molecule has 3 rings (SSSR count). The fourth-order valence-electron chi connectivity index (χ4n) is 3.11. The number of sulfonamides is 1. The summed E-state index contributed by atoms with van der Waals surface area (Å²) in [5.74, 6) is 1.36. The normalized spacial score (nSPS) is 28.5. The van der Waals surface area contributed by atoms with E-state index in [9.17, 15) is 8.42 Å². The molecule has 124 valence electrons. The Labute approximate surface area is 134 Å². The van der Waals surface area contributed by atoms with Gasteiger partial charge in [0.2, 0.25) is 10.0 Å². The number of rotatable bonds is 6. The molecule has 2 aliphatic heterocycles. The van der Waals surface area contributed by atoms with Crippen LogP contribution < -0.4 is 5.32 Å². The number of piperidine rings is 1. The van der Waals surface area contributed by atoms with Crippen molar-refractivity contribution in [3.63, 3.8) is 0 Å². The van der Waals surface area contributed by atoms with Crippen molar-refractivity contribution in [2.75, 3.05) is 38.6 Å². The SMILES string of the molecule is Cl.O=S(=O)(CC1CCOC1)N1CCC(NCC2CC2)CC1. The average Bonchev–Trinajstić information content (AvgIpc) is 3.14. The lowest BCUT2D eigenvalue weighted by molar-refractivity contribution is 0.188. The minimum atomic E-state index is -3.08. The lowest BCUT2D eigenvalue weighted by Crippen LogP contribution is -2.46. The van der Waals surface area contributed by atoms with Gasteiger partial charge in [0, 0.05) is 25.7 Å². The van der Waals surface area contributed by atoms with Gasteiger partial charge in [-0.15, -0.1) is 12.4 Å². The van der Waals surface area contributed by atoms with E-state index < -0.39 is 10.0 Å². The van der Waals surface area contributed by atoms with Crippen LogP contribution in [0.15, 0.2) is 0 Å². The van der Waals surface area contributed by atoms with Crippen LogP contribution in [0.25, 0.3) is 0 Å². The third-order valence-corrected chi connectivity index (χ3v) is 6.75. The molecule has 3 fully saturated rings. The van der Waals surface area contributed by atoms with Gasteiger partial charge in [-0.1, -0.05) is 0 Å². The largest absolute Gasteiger partial charge is 0.381 e. The van der Waals surface area contributed by atoms with E-state index in [1.165, 1.54) is 12.8 Å². The molecule has 0 bridgehead atoms. The Morgan fingerprint density at radius 1 is 1.05 bits per heavy atom. The second kappa shape index (κ2) is 7.59. The van der Waals surface area contributed by atoms with Crippen molar-refractivity contribution in [3.05, 3.63) is 0 Å². The predicted molar refractivity (Wildman–Crippen MR) is 85.3 cm³/mol. The van der Waals surface area contributed by atoms with Gasteiger partial charge in [-0.2, -0.15) is 0 Å². The van der Waals surface area contributed by atoms with Gasteiger partial charge in [0.05, 0.1) is 12.4 Å². The lowest BCUT2D eigenvalue weighted by atomic mass is 10.1. The molecule has 0 aromatic rings. The number of hydrogen-bond donors (Lipinski definition) is 1. The Morgan fingerprint density at radius 3 is 2.33 bits per heavy atom. The van der Waals surface area contributed by atoms with Crippen LogP contribution in [0.1, 0.15) is 32.1 Å². The number of nitrogens with one attached hydrogen (secondary N) is 1. The molecule has 0 radical (unpaired) electrons. The number of hydrogen-bond acceptors (Lipinski definition) is 4. The highest BCUT2D eigenvalue weighted by Gasteiger charge is 2.32. The van der Waals surface area contributed by atoms with E-state index in [4.69, 9.17) is 4.74 Å². The smallest absolute Gasteiger partial charge is 0.214 e. The monoisotopic (exact) mass is 338 g/mol. The van der Waals surface area contributed by atoms with Crippen LogP contribution in [0.2, 0.25) is 0 Å². The average molecular weight is 339 g/mol. The van der Waals surface area contributed by atoms with Crippen molar-refractivity contribution >= 4 is 22.4 Å². The summed E-state index contributed by atoms with van der Waals surface area (Å²) in [6, 6.07) is 0.511. The summed E-state index contributed by atoms with van der Waals surface area (Å²) in [4.78, 5) is 0. The summed E-state index contributed by atoms with van der Waals surface area (Å²) in [5, 5.41) is 3.59. The summed E-state index contributed by atoms with van der Waals surface area (Å²) in [6.45, 7) is 3.80. The third-order valence-electron chi connectivity index (χ3n) is 4.71. The Hall–Kier alpha value is 0.120. The van der Waals surface area contributed by atoms with Crippen LogP contribution in [0.4, 0.5) is 0 Å². The highest BCUT2D eigenvalue weighted by atomic mass is 35.5. The zero-order valence-corrected chi connectivity index (χ0v) is 14.1. The van der Waals surface area contributed by atoms with E-state index in [2.05, 4.69) is 5.32 Å². The fourth-order valence-corrected chi connectivity index (χ4v) is 4.95. The minimum Gasteiger partial charge on any atom is -0.381 e. The number of halogens is 1. The molecule has 1 atom stereocenters. The zero-order valence-electron chi connectivity index (χ0n) is 12.5. The van der Waals surface area contributed by atoms with E-state index in [-0.39, 0.29) is 24.1 Å². The van der Waals surface area contributed by atoms with Gasteiger partial charge >= 0.3 is 0 Å². The van der Waals surface area contributed by atoms with Gasteiger partial charge in [-0.3, -0.25) is 0 Å². The van der Waals surface area contributed by atoms with Crippen LogP contribution in [0.3, 0.4) is 0 Å². The maximum atomic E-state index is 12.4. The summed E-state index contributed by atoms with van der Waals surface area (Å²) in [5.41, 5.74) is 0. The van der Waals surface area contributed by atoms with E-state index in [0.29, 0.717) is 32.3 Å². The van der Waals surface area contributed by atoms with Gasteiger partial charge in [0.25, 0.3) is 0 Å². The first kappa shape index (κ1) is 17.5. The lowest BCUT2D eigenvalue weighted by Gasteiger charge is -2.32. The number of ether oxygens (including phenoxy) is 1. The Balaban J connectivity index is 0.00000161. The molecule has 1 aliphatic carbocycles. The van der Waals surface area contributed by atoms with Gasteiger partial charge in [0.1, 0.15) is 0 Å². The van der Waals surface area contributed by atoms with E-state index in [0.717, 1.165) is 31.7 Å². The first-order chi connectivity index (χ1) is 9.63. The summed E-state index contributed by atoms with van der Waals surface area (Å²) in [7, 11) is -3.08. The molecule has 2 saturated heterocycles. The molecule has 1 N–H and O–H groups in total. The standard InChI is InChI=1S/C14H26N2O3S.ClH/c17-20(18,11-13-5-8-19-10-13)16-6-3-14(4-7-16)15-9-12-1-2-12;/h12-15H,1-11H2;1H. The topological polar surface area (TPSA) is 58.6 Å². The van der Waals surface area contributed by atoms with Crippen LogP contribution in [-0.2, 0) is 14.8 Å². The van der Waals surface area contributed by atoms with Gasteiger partial charge in [0.15, 0.2) is 0 Å². The van der Waals surface area contributed by atoms with Crippen molar-refractivity contribution in [1.29, 1.82) is 0 Å². The fraction of sp³-hybridized carbons (Fsp3) is 1.00. The van der Waals surface area contributed by atoms with Crippen LogP contribution >= 0.6 is 12.4 Å². The summed E-state index contributed by atoms with van der Waals surface area (Å²) < 4.78 is 31.7. The molecule has 1 unspecified atom stereocenters. The first-order valence-electron chi connectivity index (χ1n) is 7.92. The van der Waals surface area contributed by atoms with Gasteiger partial charge in [-0.25, -0.2) is 12.7 Å². The summed E-state index contributed by atoms with van der Waals surface area (Å²) >= 11 is 0. The number of nitrogens with zero attached hydrogens (tertiary/aromatic N) is 1. The van der Waals surface area contributed by atoms with Gasteiger partial charge in [-0.05, 0) is 50.5 Å². The maximum Gasteiger partial charge on any atom is 0.214 e. The molecule has 21 heavy (non-hydrogen) atoms. The molecule has 0 aromatic carbocycles. The van der Waals surface area contributed by atoms with E-state index in [1.807, 2.05) is 0 Å². The summed E-state index contributed by atoms with van der Waals surface area (Å²) in [6.07, 6.45) is 5.52.